The molecule has 1 amide bonds. The van der Waals surface area contributed by atoms with E-state index in [1.807, 2.05) is 12.1 Å². The van der Waals surface area contributed by atoms with Gasteiger partial charge in [0.2, 0.25) is 0 Å². The molecule has 2 N–H and O–H groups in total. The van der Waals surface area contributed by atoms with E-state index in [1.54, 1.807) is 24.0 Å². The molecule has 5 heteroatoms. The lowest BCUT2D eigenvalue weighted by molar-refractivity contribution is -0.139. The number of nitrogens with zero attached hydrogens (tertiary/aromatic N) is 1. The van der Waals surface area contributed by atoms with Gasteiger partial charge < -0.3 is 15.4 Å². The van der Waals surface area contributed by atoms with Crippen LogP contribution in [-0.2, 0) is 4.79 Å². The largest absolute Gasteiger partial charge is 0.479 e. The Kier molecular flexibility index (Phi) is 4.66. The third kappa shape index (κ3) is 3.61. The van der Waals surface area contributed by atoms with Crippen LogP contribution < -0.4 is 10.5 Å². The summed E-state index contributed by atoms with van der Waals surface area (Å²) in [5.74, 6) is 0.501. The fourth-order valence-electron chi connectivity index (χ4n) is 2.25. The first kappa shape index (κ1) is 14.2. The number of carbonyl (C=O) groups excluding carboxylic acids is 1. The van der Waals surface area contributed by atoms with Gasteiger partial charge in [-0.05, 0) is 31.9 Å². The Hall–Kier alpha value is -1.26. The van der Waals surface area contributed by atoms with Crippen LogP contribution in [0, 0.1) is 0 Å². The van der Waals surface area contributed by atoms with E-state index in [0.29, 0.717) is 17.3 Å². The highest BCUT2D eigenvalue weighted by Crippen LogP contribution is 2.24. The number of nitrogens with two attached hydrogens (primary N) is 1. The number of benzene rings is 1. The van der Waals surface area contributed by atoms with Crippen LogP contribution in [0.5, 0.6) is 5.75 Å². The van der Waals surface area contributed by atoms with E-state index < -0.39 is 6.10 Å². The molecule has 2 atom stereocenters. The van der Waals surface area contributed by atoms with Gasteiger partial charge in [-0.3, -0.25) is 4.79 Å². The van der Waals surface area contributed by atoms with E-state index in [2.05, 4.69) is 0 Å². The second kappa shape index (κ2) is 6.26. The van der Waals surface area contributed by atoms with Crippen LogP contribution in [0.4, 0.5) is 0 Å². The Morgan fingerprint density at radius 1 is 1.53 bits per heavy atom. The summed E-state index contributed by atoms with van der Waals surface area (Å²) in [5.41, 5.74) is 5.88. The van der Waals surface area contributed by atoms with Crippen molar-refractivity contribution in [3.63, 3.8) is 0 Å². The van der Waals surface area contributed by atoms with Crippen LogP contribution in [0.2, 0.25) is 5.02 Å². The number of ether oxygens (including phenoxy) is 1. The monoisotopic (exact) mass is 282 g/mol. The number of hydrogen-bond donors (Lipinski definition) is 1. The highest BCUT2D eigenvalue weighted by Gasteiger charge is 2.26. The predicted octanol–water partition coefficient (Wildman–Crippen LogP) is 2.06. The third-order valence-corrected chi connectivity index (χ3v) is 3.57. The maximum atomic E-state index is 12.3. The van der Waals surface area contributed by atoms with E-state index in [0.717, 1.165) is 19.4 Å². The maximum absolute atomic E-state index is 12.3. The summed E-state index contributed by atoms with van der Waals surface area (Å²) in [5, 5.41) is 0.512. The molecule has 1 saturated heterocycles. The molecule has 1 aliphatic rings. The van der Waals surface area contributed by atoms with Crippen molar-refractivity contribution in [3.8, 4) is 5.75 Å². The van der Waals surface area contributed by atoms with E-state index in [4.69, 9.17) is 22.1 Å². The van der Waals surface area contributed by atoms with Crippen molar-refractivity contribution < 1.29 is 9.53 Å². The van der Waals surface area contributed by atoms with Crippen molar-refractivity contribution in [2.75, 3.05) is 13.1 Å². The zero-order chi connectivity index (χ0) is 13.8. The van der Waals surface area contributed by atoms with Crippen LogP contribution >= 0.6 is 11.6 Å². The fraction of sp³-hybridized carbons (Fsp3) is 0.500. The molecule has 104 valence electrons. The van der Waals surface area contributed by atoms with Gasteiger partial charge in [-0.25, -0.2) is 0 Å². The van der Waals surface area contributed by atoms with Gasteiger partial charge in [-0.2, -0.15) is 0 Å². The maximum Gasteiger partial charge on any atom is 0.263 e. The lowest BCUT2D eigenvalue weighted by Crippen LogP contribution is -2.49. The molecular weight excluding hydrogens is 264 g/mol. The number of likely N-dealkylation sites (tertiary alicyclic amines) is 1. The minimum atomic E-state index is -0.551. The van der Waals surface area contributed by atoms with Crippen LogP contribution in [0.1, 0.15) is 19.8 Å². The average molecular weight is 283 g/mol. The van der Waals surface area contributed by atoms with Gasteiger partial charge in [0.05, 0.1) is 5.02 Å². The Morgan fingerprint density at radius 2 is 2.26 bits per heavy atom. The molecule has 2 rings (SSSR count). The topological polar surface area (TPSA) is 55.6 Å². The molecule has 19 heavy (non-hydrogen) atoms. The van der Waals surface area contributed by atoms with Crippen molar-refractivity contribution in [2.24, 2.45) is 5.73 Å². The number of rotatable bonds is 3. The molecule has 1 aromatic rings. The summed E-state index contributed by atoms with van der Waals surface area (Å²) in [4.78, 5) is 14.0. The van der Waals surface area contributed by atoms with Crippen molar-refractivity contribution >= 4 is 17.5 Å². The summed E-state index contributed by atoms with van der Waals surface area (Å²) < 4.78 is 5.63. The highest BCUT2D eigenvalue weighted by atomic mass is 35.5. The molecule has 0 spiro atoms. The minimum absolute atomic E-state index is 0.0323. The summed E-state index contributed by atoms with van der Waals surface area (Å²) >= 11 is 6.01. The van der Waals surface area contributed by atoms with Gasteiger partial charge in [0.25, 0.3) is 5.91 Å². The Bertz CT molecular complexity index is 453. The second-order valence-corrected chi connectivity index (χ2v) is 5.28. The molecule has 1 aromatic carbocycles. The van der Waals surface area contributed by atoms with Gasteiger partial charge in [-0.1, -0.05) is 23.7 Å². The van der Waals surface area contributed by atoms with Crippen molar-refractivity contribution in [1.29, 1.82) is 0 Å². The number of amides is 1. The number of carbonyl (C=O) groups is 1. The van der Waals surface area contributed by atoms with Gasteiger partial charge in [0.15, 0.2) is 6.10 Å². The first-order valence-corrected chi connectivity index (χ1v) is 6.91. The van der Waals surface area contributed by atoms with Crippen LogP contribution in [0.15, 0.2) is 24.3 Å². The minimum Gasteiger partial charge on any atom is -0.479 e. The molecule has 0 radical (unpaired) electrons. The van der Waals surface area contributed by atoms with Gasteiger partial charge >= 0.3 is 0 Å². The lowest BCUT2D eigenvalue weighted by Gasteiger charge is -2.32. The van der Waals surface area contributed by atoms with Crippen molar-refractivity contribution in [2.45, 2.75) is 31.9 Å². The molecule has 1 aliphatic heterocycles. The molecule has 0 saturated carbocycles. The first-order chi connectivity index (χ1) is 9.08. The Balaban J connectivity index is 1.97. The zero-order valence-electron chi connectivity index (χ0n) is 11.0. The molecule has 1 heterocycles. The molecule has 0 unspecified atom stereocenters. The average Bonchev–Trinajstić information content (AvgIpc) is 2.40. The third-order valence-electron chi connectivity index (χ3n) is 3.26. The molecule has 4 nitrogen and oxygen atoms in total. The van der Waals surface area contributed by atoms with E-state index in [9.17, 15) is 4.79 Å². The Morgan fingerprint density at radius 3 is 2.95 bits per heavy atom. The summed E-state index contributed by atoms with van der Waals surface area (Å²) in [6.07, 6.45) is 1.38. The van der Waals surface area contributed by atoms with Gasteiger partial charge in [0.1, 0.15) is 5.75 Å². The number of halogens is 1. The fourth-order valence-corrected chi connectivity index (χ4v) is 2.43. The van der Waals surface area contributed by atoms with Gasteiger partial charge in [0, 0.05) is 19.1 Å². The molecule has 0 aromatic heterocycles. The zero-order valence-corrected chi connectivity index (χ0v) is 11.8. The number of hydrogen-bond acceptors (Lipinski definition) is 3. The smallest absolute Gasteiger partial charge is 0.263 e. The molecule has 0 aliphatic carbocycles. The SMILES string of the molecule is C[C@H](Oc1ccccc1Cl)C(=O)N1CCC[C@@H](N)C1. The number of piperidine rings is 1. The molecule has 0 bridgehead atoms. The van der Waals surface area contributed by atoms with E-state index >= 15 is 0 Å². The molecule has 1 fully saturated rings. The summed E-state index contributed by atoms with van der Waals surface area (Å²) in [6.45, 7) is 3.10. The predicted molar refractivity (Wildman–Crippen MR) is 75.3 cm³/mol. The van der Waals surface area contributed by atoms with Crippen LogP contribution in [0.3, 0.4) is 0 Å². The number of para-hydroxylation sites is 1. The standard InChI is InChI=1S/C14H19ClN2O2/c1-10(19-13-7-3-2-6-12(13)15)14(18)17-8-4-5-11(16)9-17/h2-3,6-7,10-11H,4-5,8-9,16H2,1H3/t10-,11+/m0/s1. The van der Waals surface area contributed by atoms with Crippen LogP contribution in [-0.4, -0.2) is 36.0 Å². The van der Waals surface area contributed by atoms with Crippen molar-refractivity contribution in [3.05, 3.63) is 29.3 Å². The summed E-state index contributed by atoms with van der Waals surface area (Å²) in [7, 11) is 0. The lowest BCUT2D eigenvalue weighted by atomic mass is 10.1. The Labute approximate surface area is 118 Å². The summed E-state index contributed by atoms with van der Waals surface area (Å²) in [6, 6.07) is 7.23. The quantitative estimate of drug-likeness (QED) is 0.923. The normalized spacial score (nSPS) is 21.0. The first-order valence-electron chi connectivity index (χ1n) is 6.53. The van der Waals surface area contributed by atoms with Crippen LogP contribution in [0.25, 0.3) is 0 Å². The van der Waals surface area contributed by atoms with E-state index in [1.165, 1.54) is 0 Å². The highest BCUT2D eigenvalue weighted by molar-refractivity contribution is 6.32. The van der Waals surface area contributed by atoms with Crippen molar-refractivity contribution in [1.82, 2.24) is 4.90 Å². The second-order valence-electron chi connectivity index (χ2n) is 4.88. The molecular formula is C14H19ClN2O2. The van der Waals surface area contributed by atoms with E-state index in [-0.39, 0.29) is 11.9 Å². The van der Waals surface area contributed by atoms with Gasteiger partial charge in [-0.15, -0.1) is 0 Å².